The van der Waals surface area contributed by atoms with E-state index in [0.717, 1.165) is 0 Å². The van der Waals surface area contributed by atoms with E-state index in [1.54, 1.807) is 12.1 Å². The number of hydrogen-bond donors (Lipinski definition) is 1. The minimum absolute atomic E-state index is 0.154. The molecule has 0 spiro atoms. The van der Waals surface area contributed by atoms with Gasteiger partial charge in [0.1, 0.15) is 5.75 Å². The van der Waals surface area contributed by atoms with Crippen molar-refractivity contribution < 1.29 is 13.2 Å². The van der Waals surface area contributed by atoms with Crippen LogP contribution < -0.4 is 10.5 Å². The first kappa shape index (κ1) is 15.5. The summed E-state index contributed by atoms with van der Waals surface area (Å²) in [5, 5.41) is 0. The van der Waals surface area contributed by atoms with Crippen LogP contribution in [0.5, 0.6) is 5.75 Å². The standard InChI is InChI=1S/C13H20N2O3S/c1-5-8-15(10(2)3)19(16,17)11-6-7-13(18-4)12(14)9-11/h5-7,9-10H,1,8,14H2,2-4H3. The Hall–Kier alpha value is -1.53. The summed E-state index contributed by atoms with van der Waals surface area (Å²) in [6.07, 6.45) is 1.56. The number of nitrogen functional groups attached to an aromatic ring is 1. The maximum atomic E-state index is 12.5. The highest BCUT2D eigenvalue weighted by molar-refractivity contribution is 7.89. The summed E-state index contributed by atoms with van der Waals surface area (Å²) < 4.78 is 31.4. The first-order valence-electron chi connectivity index (χ1n) is 5.90. The van der Waals surface area contributed by atoms with Crippen LogP contribution in [-0.4, -0.2) is 32.4 Å². The molecule has 0 aliphatic rings. The Morgan fingerprint density at radius 2 is 2.11 bits per heavy atom. The summed E-state index contributed by atoms with van der Waals surface area (Å²) in [5.41, 5.74) is 6.05. The van der Waals surface area contributed by atoms with Crippen molar-refractivity contribution >= 4 is 15.7 Å². The SMILES string of the molecule is C=CCN(C(C)C)S(=O)(=O)c1ccc(OC)c(N)c1. The highest BCUT2D eigenvalue weighted by atomic mass is 32.2. The molecule has 0 unspecified atom stereocenters. The summed E-state index contributed by atoms with van der Waals surface area (Å²) in [5.74, 6) is 0.457. The van der Waals surface area contributed by atoms with Gasteiger partial charge in [0.25, 0.3) is 0 Å². The monoisotopic (exact) mass is 284 g/mol. The number of benzene rings is 1. The third kappa shape index (κ3) is 3.27. The van der Waals surface area contributed by atoms with Crippen molar-refractivity contribution in [1.29, 1.82) is 0 Å². The van der Waals surface area contributed by atoms with Gasteiger partial charge in [-0.15, -0.1) is 6.58 Å². The van der Waals surface area contributed by atoms with Gasteiger partial charge in [0.2, 0.25) is 10.0 Å². The van der Waals surface area contributed by atoms with Gasteiger partial charge in [-0.25, -0.2) is 8.42 Å². The number of nitrogens with zero attached hydrogens (tertiary/aromatic N) is 1. The largest absolute Gasteiger partial charge is 0.495 e. The van der Waals surface area contributed by atoms with Crippen molar-refractivity contribution in [3.8, 4) is 5.75 Å². The van der Waals surface area contributed by atoms with Gasteiger partial charge in [0, 0.05) is 12.6 Å². The molecule has 0 aromatic heterocycles. The van der Waals surface area contributed by atoms with Crippen LogP contribution >= 0.6 is 0 Å². The van der Waals surface area contributed by atoms with Crippen LogP contribution in [-0.2, 0) is 10.0 Å². The van der Waals surface area contributed by atoms with Crippen LogP contribution in [0.2, 0.25) is 0 Å². The smallest absolute Gasteiger partial charge is 0.243 e. The van der Waals surface area contributed by atoms with Gasteiger partial charge in [0.05, 0.1) is 17.7 Å². The molecule has 5 nitrogen and oxygen atoms in total. The molecule has 0 bridgehead atoms. The van der Waals surface area contributed by atoms with Crippen molar-refractivity contribution in [1.82, 2.24) is 4.31 Å². The van der Waals surface area contributed by atoms with E-state index in [4.69, 9.17) is 10.5 Å². The Kier molecular flexibility index (Phi) is 4.97. The Balaban J connectivity index is 3.25. The van der Waals surface area contributed by atoms with Crippen molar-refractivity contribution in [2.75, 3.05) is 19.4 Å². The fourth-order valence-electron chi connectivity index (χ4n) is 1.72. The quantitative estimate of drug-likeness (QED) is 0.639. The summed E-state index contributed by atoms with van der Waals surface area (Å²) in [6.45, 7) is 7.47. The topological polar surface area (TPSA) is 72.6 Å². The first-order valence-corrected chi connectivity index (χ1v) is 7.34. The van der Waals surface area contributed by atoms with Gasteiger partial charge in [-0.2, -0.15) is 4.31 Å². The highest BCUT2D eigenvalue weighted by Gasteiger charge is 2.26. The molecule has 1 aromatic rings. The van der Waals surface area contributed by atoms with Crippen LogP contribution in [0.1, 0.15) is 13.8 Å². The van der Waals surface area contributed by atoms with Gasteiger partial charge >= 0.3 is 0 Å². The lowest BCUT2D eigenvalue weighted by molar-refractivity contribution is 0.382. The highest BCUT2D eigenvalue weighted by Crippen LogP contribution is 2.26. The second kappa shape index (κ2) is 6.08. The van der Waals surface area contributed by atoms with Crippen LogP contribution in [0.3, 0.4) is 0 Å². The molecule has 0 radical (unpaired) electrons. The molecule has 1 aromatic carbocycles. The molecular weight excluding hydrogens is 264 g/mol. The molecule has 0 saturated carbocycles. The minimum Gasteiger partial charge on any atom is -0.495 e. The molecule has 0 heterocycles. The molecule has 0 fully saturated rings. The molecule has 1 rings (SSSR count). The van der Waals surface area contributed by atoms with E-state index in [1.165, 1.54) is 23.5 Å². The van der Waals surface area contributed by atoms with Crippen LogP contribution in [0, 0.1) is 0 Å². The minimum atomic E-state index is -3.58. The Bertz CT molecular complexity index is 553. The Morgan fingerprint density at radius 1 is 1.47 bits per heavy atom. The lowest BCUT2D eigenvalue weighted by Gasteiger charge is -2.24. The van der Waals surface area contributed by atoms with Gasteiger partial charge in [-0.1, -0.05) is 6.08 Å². The molecule has 2 N–H and O–H groups in total. The van der Waals surface area contributed by atoms with E-state index in [2.05, 4.69) is 6.58 Å². The fourth-order valence-corrected chi connectivity index (χ4v) is 3.37. The second-order valence-corrected chi connectivity index (χ2v) is 6.25. The fraction of sp³-hybridized carbons (Fsp3) is 0.385. The van der Waals surface area contributed by atoms with Gasteiger partial charge in [-0.3, -0.25) is 0 Å². The van der Waals surface area contributed by atoms with E-state index in [1.807, 2.05) is 13.8 Å². The van der Waals surface area contributed by atoms with E-state index >= 15 is 0 Å². The van der Waals surface area contributed by atoms with E-state index in [0.29, 0.717) is 11.4 Å². The van der Waals surface area contributed by atoms with E-state index < -0.39 is 10.0 Å². The zero-order chi connectivity index (χ0) is 14.6. The van der Waals surface area contributed by atoms with Crippen LogP contribution in [0.15, 0.2) is 35.7 Å². The molecule has 0 aliphatic heterocycles. The molecular formula is C13H20N2O3S. The maximum absolute atomic E-state index is 12.5. The zero-order valence-corrected chi connectivity index (χ0v) is 12.3. The Labute approximate surface area is 114 Å². The Morgan fingerprint density at radius 3 is 2.53 bits per heavy atom. The van der Waals surface area contributed by atoms with Gasteiger partial charge in [0.15, 0.2) is 0 Å². The molecule has 0 atom stereocenters. The summed E-state index contributed by atoms with van der Waals surface area (Å²) in [4.78, 5) is 0.154. The molecule has 19 heavy (non-hydrogen) atoms. The average molecular weight is 284 g/mol. The van der Waals surface area contributed by atoms with E-state index in [-0.39, 0.29) is 17.5 Å². The number of nitrogens with two attached hydrogens (primary N) is 1. The molecule has 106 valence electrons. The van der Waals surface area contributed by atoms with E-state index in [9.17, 15) is 8.42 Å². The molecule has 0 aliphatic carbocycles. The predicted molar refractivity (Wildman–Crippen MR) is 76.6 cm³/mol. The van der Waals surface area contributed by atoms with Gasteiger partial charge in [-0.05, 0) is 32.0 Å². The van der Waals surface area contributed by atoms with Crippen molar-refractivity contribution in [2.45, 2.75) is 24.8 Å². The van der Waals surface area contributed by atoms with Crippen LogP contribution in [0.4, 0.5) is 5.69 Å². The molecule has 0 saturated heterocycles. The predicted octanol–water partition coefficient (Wildman–Crippen LogP) is 1.86. The summed E-state index contributed by atoms with van der Waals surface area (Å²) >= 11 is 0. The third-order valence-electron chi connectivity index (χ3n) is 2.69. The normalized spacial score (nSPS) is 11.8. The van der Waals surface area contributed by atoms with Crippen molar-refractivity contribution in [3.63, 3.8) is 0 Å². The van der Waals surface area contributed by atoms with Crippen molar-refractivity contribution in [3.05, 3.63) is 30.9 Å². The summed E-state index contributed by atoms with van der Waals surface area (Å²) in [6, 6.07) is 4.29. The zero-order valence-electron chi connectivity index (χ0n) is 11.5. The second-order valence-electron chi connectivity index (χ2n) is 4.36. The first-order chi connectivity index (χ1) is 8.84. The molecule has 0 amide bonds. The van der Waals surface area contributed by atoms with Crippen LogP contribution in [0.25, 0.3) is 0 Å². The number of anilines is 1. The number of rotatable bonds is 6. The van der Waals surface area contributed by atoms with Gasteiger partial charge < -0.3 is 10.5 Å². The number of hydrogen-bond acceptors (Lipinski definition) is 4. The lowest BCUT2D eigenvalue weighted by Crippen LogP contribution is -2.37. The number of ether oxygens (including phenoxy) is 1. The lowest BCUT2D eigenvalue weighted by atomic mass is 10.3. The molecule has 6 heteroatoms. The average Bonchev–Trinajstić information content (AvgIpc) is 2.35. The summed E-state index contributed by atoms with van der Waals surface area (Å²) in [7, 11) is -2.10. The number of methoxy groups -OCH3 is 1. The number of sulfonamides is 1. The maximum Gasteiger partial charge on any atom is 0.243 e. The third-order valence-corrected chi connectivity index (χ3v) is 4.73. The van der Waals surface area contributed by atoms with Crippen molar-refractivity contribution in [2.24, 2.45) is 0 Å².